The summed E-state index contributed by atoms with van der Waals surface area (Å²) in [7, 11) is 0. The van der Waals surface area contributed by atoms with E-state index in [0.717, 1.165) is 38.0 Å². The van der Waals surface area contributed by atoms with E-state index in [0.29, 0.717) is 6.54 Å². The highest BCUT2D eigenvalue weighted by Crippen LogP contribution is 2.23. The van der Waals surface area contributed by atoms with Gasteiger partial charge in [-0.3, -0.25) is 9.88 Å². The summed E-state index contributed by atoms with van der Waals surface area (Å²) in [5.41, 5.74) is 0. The van der Waals surface area contributed by atoms with Crippen LogP contribution in [-0.4, -0.2) is 65.7 Å². The molecule has 2 fully saturated rings. The smallest absolute Gasteiger partial charge is 0.317 e. The van der Waals surface area contributed by atoms with E-state index in [1.165, 1.54) is 32.1 Å². The molecule has 1 saturated heterocycles. The Bertz CT molecular complexity index is 525. The van der Waals surface area contributed by atoms with Crippen molar-refractivity contribution in [1.82, 2.24) is 20.1 Å². The van der Waals surface area contributed by atoms with Crippen molar-refractivity contribution in [3.05, 3.63) is 24.5 Å². The SMILES string of the molecule is C[C@H](CNC(=O)N1CCN(C2CCCCC2)CC1)Oc1cccnc1. The van der Waals surface area contributed by atoms with Gasteiger partial charge >= 0.3 is 6.03 Å². The van der Waals surface area contributed by atoms with Gasteiger partial charge in [0.15, 0.2) is 0 Å². The first-order valence-corrected chi connectivity index (χ1v) is 9.56. The highest BCUT2D eigenvalue weighted by atomic mass is 16.5. The second kappa shape index (κ2) is 9.04. The quantitative estimate of drug-likeness (QED) is 0.890. The molecule has 0 radical (unpaired) electrons. The van der Waals surface area contributed by atoms with Crippen molar-refractivity contribution in [2.75, 3.05) is 32.7 Å². The third-order valence-corrected chi connectivity index (χ3v) is 5.20. The number of hydrogen-bond donors (Lipinski definition) is 1. The third kappa shape index (κ3) is 5.33. The van der Waals surface area contributed by atoms with Gasteiger partial charge in [0, 0.05) is 38.4 Å². The number of amides is 2. The van der Waals surface area contributed by atoms with Gasteiger partial charge in [-0.15, -0.1) is 0 Å². The van der Waals surface area contributed by atoms with Crippen LogP contribution in [0.15, 0.2) is 24.5 Å². The zero-order valence-electron chi connectivity index (χ0n) is 15.2. The van der Waals surface area contributed by atoms with Crippen LogP contribution in [0.3, 0.4) is 0 Å². The number of pyridine rings is 1. The number of piperazine rings is 1. The Morgan fingerprint density at radius 1 is 1.28 bits per heavy atom. The summed E-state index contributed by atoms with van der Waals surface area (Å²) in [6.07, 6.45) is 10.1. The molecule has 0 spiro atoms. The Morgan fingerprint density at radius 3 is 2.72 bits per heavy atom. The molecular formula is C19H30N4O2. The van der Waals surface area contributed by atoms with Crippen LogP contribution >= 0.6 is 0 Å². The fraction of sp³-hybridized carbons (Fsp3) is 0.684. The van der Waals surface area contributed by atoms with Gasteiger partial charge in [-0.1, -0.05) is 19.3 Å². The molecule has 6 nitrogen and oxygen atoms in total. The fourth-order valence-electron chi connectivity index (χ4n) is 3.77. The minimum Gasteiger partial charge on any atom is -0.487 e. The van der Waals surface area contributed by atoms with E-state index in [9.17, 15) is 4.79 Å². The first-order chi connectivity index (χ1) is 12.2. The Kier molecular flexibility index (Phi) is 6.50. The summed E-state index contributed by atoms with van der Waals surface area (Å²) in [5.74, 6) is 0.727. The summed E-state index contributed by atoms with van der Waals surface area (Å²) in [5, 5.41) is 2.99. The number of nitrogens with zero attached hydrogens (tertiary/aromatic N) is 3. The van der Waals surface area contributed by atoms with Crippen molar-refractivity contribution in [2.24, 2.45) is 0 Å². The maximum atomic E-state index is 12.4. The average Bonchev–Trinajstić information content (AvgIpc) is 2.68. The van der Waals surface area contributed by atoms with Gasteiger partial charge in [-0.05, 0) is 31.9 Å². The summed E-state index contributed by atoms with van der Waals surface area (Å²) in [6.45, 7) is 6.09. The van der Waals surface area contributed by atoms with Gasteiger partial charge in [0.1, 0.15) is 11.9 Å². The lowest BCUT2D eigenvalue weighted by atomic mass is 9.94. The van der Waals surface area contributed by atoms with Crippen molar-refractivity contribution in [3.63, 3.8) is 0 Å². The standard InChI is InChI=1S/C19H30N4O2/c1-16(25-18-8-5-9-20-15-18)14-21-19(24)23-12-10-22(11-13-23)17-6-3-2-4-7-17/h5,8-9,15-17H,2-4,6-7,10-14H2,1H3,(H,21,24)/t16-/m1/s1. The van der Waals surface area contributed by atoms with Crippen LogP contribution in [0.2, 0.25) is 0 Å². The lowest BCUT2D eigenvalue weighted by Gasteiger charge is -2.40. The number of hydrogen-bond acceptors (Lipinski definition) is 4. The lowest BCUT2D eigenvalue weighted by molar-refractivity contribution is 0.0895. The van der Waals surface area contributed by atoms with Crippen molar-refractivity contribution < 1.29 is 9.53 Å². The van der Waals surface area contributed by atoms with Gasteiger partial charge in [0.2, 0.25) is 0 Å². The number of carbonyl (C=O) groups is 1. The number of aromatic nitrogens is 1. The molecule has 2 amide bonds. The van der Waals surface area contributed by atoms with E-state index in [1.807, 2.05) is 24.0 Å². The molecule has 2 aliphatic rings. The minimum absolute atomic E-state index is 0.0185. The minimum atomic E-state index is -0.0864. The van der Waals surface area contributed by atoms with Gasteiger partial charge in [-0.25, -0.2) is 4.79 Å². The molecule has 1 aromatic heterocycles. The van der Waals surface area contributed by atoms with E-state index in [2.05, 4.69) is 15.2 Å². The molecule has 1 N–H and O–H groups in total. The Morgan fingerprint density at radius 2 is 2.04 bits per heavy atom. The van der Waals surface area contributed by atoms with Crippen LogP contribution < -0.4 is 10.1 Å². The summed E-state index contributed by atoms with van der Waals surface area (Å²) >= 11 is 0. The van der Waals surface area contributed by atoms with E-state index < -0.39 is 0 Å². The molecule has 0 unspecified atom stereocenters. The van der Waals surface area contributed by atoms with E-state index in [-0.39, 0.29) is 12.1 Å². The van der Waals surface area contributed by atoms with Gasteiger partial charge in [-0.2, -0.15) is 0 Å². The van der Waals surface area contributed by atoms with E-state index in [4.69, 9.17) is 4.74 Å². The predicted molar refractivity (Wildman–Crippen MR) is 97.7 cm³/mol. The van der Waals surface area contributed by atoms with Crippen LogP contribution in [0.25, 0.3) is 0 Å². The molecule has 0 aromatic carbocycles. The molecule has 1 saturated carbocycles. The van der Waals surface area contributed by atoms with Crippen LogP contribution in [0.5, 0.6) is 5.75 Å². The van der Waals surface area contributed by atoms with Crippen molar-refractivity contribution in [3.8, 4) is 5.75 Å². The molecule has 0 bridgehead atoms. The Hall–Kier alpha value is -1.82. The summed E-state index contributed by atoms with van der Waals surface area (Å²) in [6, 6.07) is 4.47. The van der Waals surface area contributed by atoms with Crippen LogP contribution in [-0.2, 0) is 0 Å². The van der Waals surface area contributed by atoms with Crippen LogP contribution in [0.1, 0.15) is 39.0 Å². The van der Waals surface area contributed by atoms with Gasteiger partial charge in [0.05, 0.1) is 12.7 Å². The molecule has 25 heavy (non-hydrogen) atoms. The second-order valence-electron chi connectivity index (χ2n) is 7.12. The predicted octanol–water partition coefficient (Wildman–Crippen LogP) is 2.51. The molecule has 3 rings (SSSR count). The largest absolute Gasteiger partial charge is 0.487 e. The molecule has 6 heteroatoms. The van der Waals surface area contributed by atoms with E-state index in [1.54, 1.807) is 12.4 Å². The monoisotopic (exact) mass is 346 g/mol. The Labute approximate surface area is 150 Å². The van der Waals surface area contributed by atoms with Crippen molar-refractivity contribution >= 4 is 6.03 Å². The topological polar surface area (TPSA) is 57.7 Å². The second-order valence-corrected chi connectivity index (χ2v) is 7.12. The number of nitrogens with one attached hydrogen (secondary N) is 1. The summed E-state index contributed by atoms with van der Waals surface area (Å²) < 4.78 is 5.74. The maximum Gasteiger partial charge on any atom is 0.317 e. The number of ether oxygens (including phenoxy) is 1. The number of rotatable bonds is 5. The van der Waals surface area contributed by atoms with Crippen LogP contribution in [0, 0.1) is 0 Å². The maximum absolute atomic E-state index is 12.4. The summed E-state index contributed by atoms with van der Waals surface area (Å²) in [4.78, 5) is 20.9. The molecule has 1 aliphatic heterocycles. The molecule has 1 aromatic rings. The van der Waals surface area contributed by atoms with Gasteiger partial charge < -0.3 is 15.0 Å². The molecule has 1 aliphatic carbocycles. The first kappa shape index (κ1) is 18.0. The highest BCUT2D eigenvalue weighted by Gasteiger charge is 2.27. The zero-order valence-corrected chi connectivity index (χ0v) is 15.2. The Balaban J connectivity index is 1.36. The molecular weight excluding hydrogens is 316 g/mol. The molecule has 1 atom stereocenters. The lowest BCUT2D eigenvalue weighted by Crippen LogP contribution is -2.55. The van der Waals surface area contributed by atoms with Crippen LogP contribution in [0.4, 0.5) is 4.79 Å². The first-order valence-electron chi connectivity index (χ1n) is 9.56. The number of urea groups is 1. The average molecular weight is 346 g/mol. The van der Waals surface area contributed by atoms with Gasteiger partial charge in [0.25, 0.3) is 0 Å². The fourth-order valence-corrected chi connectivity index (χ4v) is 3.77. The normalized spacial score (nSPS) is 20.9. The highest BCUT2D eigenvalue weighted by molar-refractivity contribution is 5.74. The zero-order chi connectivity index (χ0) is 17.5. The van der Waals surface area contributed by atoms with E-state index >= 15 is 0 Å². The molecule has 2 heterocycles. The molecule has 138 valence electrons. The van der Waals surface area contributed by atoms with Crippen molar-refractivity contribution in [1.29, 1.82) is 0 Å². The van der Waals surface area contributed by atoms with Crippen molar-refractivity contribution in [2.45, 2.75) is 51.2 Å². The third-order valence-electron chi connectivity index (χ3n) is 5.20. The number of carbonyl (C=O) groups excluding carboxylic acids is 1.